The molecule has 3 aromatic rings. The van der Waals surface area contributed by atoms with Gasteiger partial charge in [0.15, 0.2) is 0 Å². The molecule has 116 valence electrons. The zero-order valence-corrected chi connectivity index (χ0v) is 12.4. The molecule has 0 saturated carbocycles. The number of carbonyl (C=O) groups excluding carboxylic acids is 2. The molecule has 0 fully saturated rings. The minimum Gasteiger partial charge on any atom is -0.465 e. The number of para-hydroxylation sites is 1. The van der Waals surface area contributed by atoms with Crippen LogP contribution < -0.4 is 5.43 Å². The zero-order chi connectivity index (χ0) is 16.6. The summed E-state index contributed by atoms with van der Waals surface area (Å²) in [7, 11) is 2.32. The second-order valence-corrected chi connectivity index (χ2v) is 4.80. The van der Waals surface area contributed by atoms with E-state index in [-0.39, 0.29) is 11.1 Å². The van der Waals surface area contributed by atoms with Crippen LogP contribution in [-0.2, 0) is 9.47 Å². The van der Waals surface area contributed by atoms with Gasteiger partial charge in [-0.15, -0.1) is 0 Å². The van der Waals surface area contributed by atoms with Gasteiger partial charge in [0, 0.05) is 10.8 Å². The topological polar surface area (TPSA) is 82.8 Å². The molecule has 0 spiro atoms. The van der Waals surface area contributed by atoms with E-state index in [1.807, 2.05) is 0 Å². The first-order valence-corrected chi connectivity index (χ1v) is 6.73. The standard InChI is InChI=1S/C17H12O6/c1-21-16(19)11-7-10-9-5-3-4-6-13(9)23-14(10)8-12(15(11)18)17(20)22-2/h3-8H,1-2H3. The van der Waals surface area contributed by atoms with Crippen molar-refractivity contribution in [3.05, 3.63) is 57.7 Å². The number of ether oxygens (including phenoxy) is 2. The highest BCUT2D eigenvalue weighted by atomic mass is 16.5. The largest absolute Gasteiger partial charge is 0.465 e. The van der Waals surface area contributed by atoms with Crippen LogP contribution in [0, 0.1) is 0 Å². The normalized spacial score (nSPS) is 10.7. The Balaban J connectivity index is 2.52. The minimum atomic E-state index is -0.849. The van der Waals surface area contributed by atoms with E-state index in [9.17, 15) is 14.4 Å². The fraction of sp³-hybridized carbons (Fsp3) is 0.118. The van der Waals surface area contributed by atoms with E-state index in [2.05, 4.69) is 9.47 Å². The Labute approximate surface area is 130 Å². The zero-order valence-electron chi connectivity index (χ0n) is 12.4. The van der Waals surface area contributed by atoms with E-state index in [1.54, 1.807) is 24.3 Å². The molecule has 0 aliphatic heterocycles. The van der Waals surface area contributed by atoms with Gasteiger partial charge >= 0.3 is 11.9 Å². The maximum absolute atomic E-state index is 12.5. The minimum absolute atomic E-state index is 0.255. The van der Waals surface area contributed by atoms with E-state index in [0.717, 1.165) is 19.6 Å². The van der Waals surface area contributed by atoms with Gasteiger partial charge in [0.1, 0.15) is 22.3 Å². The number of carbonyl (C=O) groups is 2. The monoisotopic (exact) mass is 312 g/mol. The third kappa shape index (κ3) is 2.34. The van der Waals surface area contributed by atoms with Gasteiger partial charge in [0.25, 0.3) is 0 Å². The first-order valence-electron chi connectivity index (χ1n) is 6.73. The number of benzene rings is 1. The molecule has 0 unspecified atom stereocenters. The molecule has 0 aliphatic carbocycles. The van der Waals surface area contributed by atoms with Crippen LogP contribution in [-0.4, -0.2) is 26.2 Å². The number of fused-ring (bicyclic) bond motifs is 3. The molecule has 0 N–H and O–H groups in total. The lowest BCUT2D eigenvalue weighted by atomic mass is 10.1. The van der Waals surface area contributed by atoms with Crippen LogP contribution in [0.5, 0.6) is 0 Å². The SMILES string of the molecule is COC(=O)c1cc2oc3ccccc3c2cc(C(=O)OC)c1=O. The Hall–Kier alpha value is -3.15. The van der Waals surface area contributed by atoms with Crippen molar-refractivity contribution in [3.63, 3.8) is 0 Å². The third-order valence-corrected chi connectivity index (χ3v) is 3.53. The highest BCUT2D eigenvalue weighted by Gasteiger charge is 2.20. The first-order chi connectivity index (χ1) is 11.1. The molecule has 0 atom stereocenters. The number of methoxy groups -OCH3 is 2. The van der Waals surface area contributed by atoms with Gasteiger partial charge in [-0.05, 0) is 18.2 Å². The summed E-state index contributed by atoms with van der Waals surface area (Å²) < 4.78 is 14.9. The molecular weight excluding hydrogens is 300 g/mol. The lowest BCUT2D eigenvalue weighted by Gasteiger charge is -1.97. The number of rotatable bonds is 2. The predicted octanol–water partition coefficient (Wildman–Crippen LogP) is 2.52. The van der Waals surface area contributed by atoms with Crippen molar-refractivity contribution in [2.45, 2.75) is 0 Å². The number of furan rings is 1. The molecule has 6 heteroatoms. The molecule has 6 nitrogen and oxygen atoms in total. The van der Waals surface area contributed by atoms with Gasteiger partial charge in [-0.25, -0.2) is 9.59 Å². The Morgan fingerprint density at radius 3 is 2.13 bits per heavy atom. The summed E-state index contributed by atoms with van der Waals surface area (Å²) in [4.78, 5) is 36.3. The van der Waals surface area contributed by atoms with E-state index < -0.39 is 17.4 Å². The van der Waals surface area contributed by atoms with Gasteiger partial charge in [-0.1, -0.05) is 18.2 Å². The van der Waals surface area contributed by atoms with Crippen LogP contribution in [0.25, 0.3) is 21.9 Å². The fourth-order valence-electron chi connectivity index (χ4n) is 2.42. The molecule has 0 bridgehead atoms. The van der Waals surface area contributed by atoms with Gasteiger partial charge in [0.05, 0.1) is 14.2 Å². The average Bonchev–Trinajstić information content (AvgIpc) is 2.85. The van der Waals surface area contributed by atoms with Crippen molar-refractivity contribution in [2.24, 2.45) is 0 Å². The predicted molar refractivity (Wildman–Crippen MR) is 82.7 cm³/mol. The molecular formula is C17H12O6. The average molecular weight is 312 g/mol. The number of hydrogen-bond donors (Lipinski definition) is 0. The fourth-order valence-corrected chi connectivity index (χ4v) is 2.42. The highest BCUT2D eigenvalue weighted by molar-refractivity contribution is 6.08. The van der Waals surface area contributed by atoms with Crippen molar-refractivity contribution in [3.8, 4) is 0 Å². The summed E-state index contributed by atoms with van der Waals surface area (Å²) >= 11 is 0. The van der Waals surface area contributed by atoms with Gasteiger partial charge in [-0.2, -0.15) is 0 Å². The molecule has 2 aromatic carbocycles. The van der Waals surface area contributed by atoms with E-state index in [1.165, 1.54) is 12.1 Å². The van der Waals surface area contributed by atoms with Crippen LogP contribution in [0.15, 0.2) is 45.6 Å². The van der Waals surface area contributed by atoms with E-state index >= 15 is 0 Å². The van der Waals surface area contributed by atoms with E-state index in [4.69, 9.17) is 4.42 Å². The molecule has 3 rings (SSSR count). The number of esters is 2. The molecule has 1 aromatic heterocycles. The summed E-state index contributed by atoms with van der Waals surface area (Å²) in [6, 6.07) is 9.82. The number of hydrogen-bond acceptors (Lipinski definition) is 6. The summed E-state index contributed by atoms with van der Waals surface area (Å²) in [5, 5.41) is 1.26. The van der Waals surface area contributed by atoms with E-state index in [0.29, 0.717) is 16.6 Å². The lowest BCUT2D eigenvalue weighted by molar-refractivity contribution is 0.0597. The van der Waals surface area contributed by atoms with Gasteiger partial charge in [-0.3, -0.25) is 4.79 Å². The van der Waals surface area contributed by atoms with Crippen LogP contribution >= 0.6 is 0 Å². The Morgan fingerprint density at radius 1 is 0.870 bits per heavy atom. The Bertz CT molecular complexity index is 999. The molecule has 0 aliphatic rings. The van der Waals surface area contributed by atoms with Crippen molar-refractivity contribution < 1.29 is 23.5 Å². The second kappa shape index (κ2) is 5.57. The maximum Gasteiger partial charge on any atom is 0.342 e. The lowest BCUT2D eigenvalue weighted by Crippen LogP contribution is -2.21. The van der Waals surface area contributed by atoms with Crippen molar-refractivity contribution in [1.29, 1.82) is 0 Å². The Kier molecular flexibility index (Phi) is 3.57. The summed E-state index contributed by atoms with van der Waals surface area (Å²) in [5.41, 5.74) is -0.428. The summed E-state index contributed by atoms with van der Waals surface area (Å²) in [6.45, 7) is 0. The molecule has 1 heterocycles. The highest BCUT2D eigenvalue weighted by Crippen LogP contribution is 2.28. The molecule has 0 saturated heterocycles. The van der Waals surface area contributed by atoms with Crippen LogP contribution in [0.2, 0.25) is 0 Å². The molecule has 0 radical (unpaired) electrons. The molecule has 0 amide bonds. The van der Waals surface area contributed by atoms with Gasteiger partial charge in [0.2, 0.25) is 5.43 Å². The molecule has 23 heavy (non-hydrogen) atoms. The van der Waals surface area contributed by atoms with Crippen LogP contribution in [0.1, 0.15) is 20.7 Å². The summed E-state index contributed by atoms with van der Waals surface area (Å²) in [5.74, 6) is -1.68. The smallest absolute Gasteiger partial charge is 0.342 e. The first kappa shape index (κ1) is 14.8. The van der Waals surface area contributed by atoms with Crippen LogP contribution in [0.4, 0.5) is 0 Å². The summed E-state index contributed by atoms with van der Waals surface area (Å²) in [6.07, 6.45) is 0. The van der Waals surface area contributed by atoms with Crippen molar-refractivity contribution >= 4 is 33.9 Å². The van der Waals surface area contributed by atoms with Crippen molar-refractivity contribution in [1.82, 2.24) is 0 Å². The quantitative estimate of drug-likeness (QED) is 0.676. The van der Waals surface area contributed by atoms with Gasteiger partial charge < -0.3 is 13.9 Å². The second-order valence-electron chi connectivity index (χ2n) is 4.80. The maximum atomic E-state index is 12.5. The Morgan fingerprint density at radius 2 is 1.48 bits per heavy atom. The third-order valence-electron chi connectivity index (χ3n) is 3.53. The van der Waals surface area contributed by atoms with Crippen molar-refractivity contribution in [2.75, 3.05) is 14.2 Å². The van der Waals surface area contributed by atoms with Crippen LogP contribution in [0.3, 0.4) is 0 Å².